The second-order valence-electron chi connectivity index (χ2n) is 13.1. The second kappa shape index (κ2) is 19.6. The predicted molar refractivity (Wildman–Crippen MR) is 197 cm³/mol. The molecular weight excluding hydrogens is 632 g/mol. The highest BCUT2D eigenvalue weighted by atomic mass is 16.5. The van der Waals surface area contributed by atoms with E-state index in [1.165, 1.54) is 9.80 Å². The molecule has 2 aliphatic heterocycles. The van der Waals surface area contributed by atoms with Crippen LogP contribution in [0.15, 0.2) is 72.8 Å². The van der Waals surface area contributed by atoms with Crippen molar-refractivity contribution in [1.82, 2.24) is 20.4 Å². The van der Waals surface area contributed by atoms with Gasteiger partial charge in [0.05, 0.1) is 23.3 Å². The summed E-state index contributed by atoms with van der Waals surface area (Å²) in [6.45, 7) is 11.6. The molecule has 2 aliphatic rings. The molecule has 0 radical (unpaired) electrons. The summed E-state index contributed by atoms with van der Waals surface area (Å²) < 4.78 is 12.0. The molecule has 272 valence electrons. The average Bonchev–Trinajstić information content (AvgIpc) is 3.12. The standard InChI is InChI=1S/2C20H28N2O3/c2*1-5-16-11-7-6-10-14(2)25-18-13-9-8-12-17(18)20(24)22(4)15(3)19(23)21-16/h2*6-9,12-16H,5,10-11H2,1-4H3,(H,21,23)/b7-6+;7-6-/t2*14-,15-,16+/m11/s1. The zero-order valence-corrected chi connectivity index (χ0v) is 31.0. The predicted octanol–water partition coefficient (Wildman–Crippen LogP) is 6.32. The Labute approximate surface area is 298 Å². The lowest BCUT2D eigenvalue weighted by Gasteiger charge is -2.27. The Morgan fingerprint density at radius 1 is 0.580 bits per heavy atom. The van der Waals surface area contributed by atoms with Crippen molar-refractivity contribution in [1.29, 1.82) is 0 Å². The first-order chi connectivity index (χ1) is 23.9. The third-order valence-corrected chi connectivity index (χ3v) is 9.24. The van der Waals surface area contributed by atoms with Crippen molar-refractivity contribution in [2.24, 2.45) is 0 Å². The summed E-state index contributed by atoms with van der Waals surface area (Å²) >= 11 is 0. The van der Waals surface area contributed by atoms with E-state index in [4.69, 9.17) is 9.47 Å². The van der Waals surface area contributed by atoms with E-state index >= 15 is 0 Å². The van der Waals surface area contributed by atoms with E-state index in [-0.39, 0.29) is 47.9 Å². The smallest absolute Gasteiger partial charge is 0.258 e. The molecule has 0 aliphatic carbocycles. The van der Waals surface area contributed by atoms with Crippen LogP contribution in [-0.2, 0) is 9.59 Å². The van der Waals surface area contributed by atoms with E-state index in [0.29, 0.717) is 22.6 Å². The molecule has 2 heterocycles. The highest BCUT2D eigenvalue weighted by molar-refractivity contribution is 6.00. The number of hydrogen-bond acceptors (Lipinski definition) is 6. The average molecular weight is 689 g/mol. The largest absolute Gasteiger partial charge is 0.490 e. The summed E-state index contributed by atoms with van der Waals surface area (Å²) in [4.78, 5) is 53.7. The lowest BCUT2D eigenvalue weighted by molar-refractivity contribution is -0.126. The minimum absolute atomic E-state index is 0.0365. The van der Waals surface area contributed by atoms with Crippen molar-refractivity contribution in [2.45, 2.75) is 116 Å². The Bertz CT molecular complexity index is 1390. The number of benzene rings is 2. The SMILES string of the molecule is CC[C@H]1C/C=C/C[C@@H](C)Oc2ccccc2C(=O)N(C)[C@H](C)C(=O)N1.CC[C@H]1C/C=C\C[C@@H](C)Oc2ccccc2C(=O)N(C)[C@H](C)C(=O)N1. The topological polar surface area (TPSA) is 117 Å². The van der Waals surface area contributed by atoms with Gasteiger partial charge >= 0.3 is 0 Å². The Balaban J connectivity index is 0.000000270. The van der Waals surface area contributed by atoms with Gasteiger partial charge in [-0.05, 0) is 77.6 Å². The lowest BCUT2D eigenvalue weighted by atomic mass is 10.1. The van der Waals surface area contributed by atoms with Crippen molar-refractivity contribution < 1.29 is 28.7 Å². The number of nitrogens with one attached hydrogen (secondary N) is 2. The molecule has 2 aromatic rings. The van der Waals surface area contributed by atoms with Crippen LogP contribution < -0.4 is 20.1 Å². The van der Waals surface area contributed by atoms with Gasteiger partial charge < -0.3 is 29.9 Å². The summed E-state index contributed by atoms with van der Waals surface area (Å²) in [5, 5.41) is 6.08. The van der Waals surface area contributed by atoms with Crippen LogP contribution in [0.5, 0.6) is 11.5 Å². The fraction of sp³-hybridized carbons (Fsp3) is 0.500. The van der Waals surface area contributed by atoms with Gasteiger partial charge in [0, 0.05) is 39.0 Å². The molecule has 0 aromatic heterocycles. The number of likely N-dealkylation sites (N-methyl/N-ethyl adjacent to an activating group) is 2. The first kappa shape index (κ1) is 39.8. The number of nitrogens with zero attached hydrogens (tertiary/aromatic N) is 2. The fourth-order valence-electron chi connectivity index (χ4n) is 5.50. The zero-order chi connectivity index (χ0) is 36.8. The van der Waals surface area contributed by atoms with Gasteiger partial charge in [-0.25, -0.2) is 0 Å². The maximum absolute atomic E-state index is 12.9. The van der Waals surface area contributed by atoms with Crippen molar-refractivity contribution in [2.75, 3.05) is 14.1 Å². The Morgan fingerprint density at radius 2 is 0.920 bits per heavy atom. The molecule has 2 N–H and O–H groups in total. The highest BCUT2D eigenvalue weighted by Gasteiger charge is 2.28. The Hall–Kier alpha value is -4.60. The van der Waals surface area contributed by atoms with Crippen LogP contribution in [0.4, 0.5) is 0 Å². The first-order valence-corrected chi connectivity index (χ1v) is 17.8. The summed E-state index contributed by atoms with van der Waals surface area (Å²) in [6.07, 6.45) is 13.0. The molecule has 2 aromatic carbocycles. The van der Waals surface area contributed by atoms with Gasteiger partial charge in [-0.15, -0.1) is 0 Å². The molecule has 0 spiro atoms. The molecule has 50 heavy (non-hydrogen) atoms. The van der Waals surface area contributed by atoms with Crippen LogP contribution in [0.1, 0.15) is 101 Å². The van der Waals surface area contributed by atoms with Crippen LogP contribution in [0.25, 0.3) is 0 Å². The quantitative estimate of drug-likeness (QED) is 0.357. The summed E-state index contributed by atoms with van der Waals surface area (Å²) in [7, 11) is 3.30. The molecule has 4 rings (SSSR count). The number of carbonyl (C=O) groups excluding carboxylic acids is 4. The van der Waals surface area contributed by atoms with E-state index < -0.39 is 12.1 Å². The third kappa shape index (κ3) is 11.2. The van der Waals surface area contributed by atoms with Gasteiger partial charge in [-0.2, -0.15) is 0 Å². The number of rotatable bonds is 2. The van der Waals surface area contributed by atoms with Gasteiger partial charge in [0.2, 0.25) is 11.8 Å². The number of amides is 4. The number of para-hydroxylation sites is 2. The van der Waals surface area contributed by atoms with E-state index in [2.05, 4.69) is 34.9 Å². The van der Waals surface area contributed by atoms with E-state index in [9.17, 15) is 19.2 Å². The number of carbonyl (C=O) groups is 4. The minimum atomic E-state index is -0.557. The van der Waals surface area contributed by atoms with Gasteiger partial charge in [0.15, 0.2) is 0 Å². The highest BCUT2D eigenvalue weighted by Crippen LogP contribution is 2.24. The third-order valence-electron chi connectivity index (χ3n) is 9.24. The van der Waals surface area contributed by atoms with E-state index in [0.717, 1.165) is 38.5 Å². The maximum Gasteiger partial charge on any atom is 0.258 e. The molecule has 0 saturated carbocycles. The molecular formula is C40H56N4O6. The summed E-state index contributed by atoms with van der Waals surface area (Å²) in [6, 6.07) is 13.4. The molecule has 0 bridgehead atoms. The molecule has 0 unspecified atom stereocenters. The van der Waals surface area contributed by atoms with Crippen molar-refractivity contribution in [3.8, 4) is 11.5 Å². The Kier molecular flexibility index (Phi) is 15.6. The van der Waals surface area contributed by atoms with Crippen LogP contribution >= 0.6 is 0 Å². The monoisotopic (exact) mass is 688 g/mol. The van der Waals surface area contributed by atoms with Crippen LogP contribution in [0, 0.1) is 0 Å². The van der Waals surface area contributed by atoms with Crippen LogP contribution in [-0.4, -0.2) is 83.9 Å². The van der Waals surface area contributed by atoms with Crippen LogP contribution in [0.3, 0.4) is 0 Å². The van der Waals surface area contributed by atoms with E-state index in [1.54, 1.807) is 64.3 Å². The van der Waals surface area contributed by atoms with Crippen LogP contribution in [0.2, 0.25) is 0 Å². The number of ether oxygens (including phenoxy) is 2. The zero-order valence-electron chi connectivity index (χ0n) is 31.0. The molecule has 0 fully saturated rings. The van der Waals surface area contributed by atoms with Crippen molar-refractivity contribution in [3.63, 3.8) is 0 Å². The molecule has 6 atom stereocenters. The maximum atomic E-state index is 12.9. The summed E-state index contributed by atoms with van der Waals surface area (Å²) in [5.74, 6) is 0.393. The van der Waals surface area contributed by atoms with Gasteiger partial charge in [-0.3, -0.25) is 19.2 Å². The minimum Gasteiger partial charge on any atom is -0.490 e. The van der Waals surface area contributed by atoms with E-state index in [1.807, 2.05) is 39.8 Å². The molecule has 10 heteroatoms. The molecule has 4 amide bonds. The molecule has 10 nitrogen and oxygen atoms in total. The lowest BCUT2D eigenvalue weighted by Crippen LogP contribution is -2.48. The number of fused-ring (bicyclic) bond motifs is 2. The first-order valence-electron chi connectivity index (χ1n) is 17.8. The fourth-order valence-corrected chi connectivity index (χ4v) is 5.50. The van der Waals surface area contributed by atoms with Crippen molar-refractivity contribution >= 4 is 23.6 Å². The van der Waals surface area contributed by atoms with Gasteiger partial charge in [0.25, 0.3) is 11.8 Å². The summed E-state index contributed by atoms with van der Waals surface area (Å²) in [5.41, 5.74) is 0.953. The second-order valence-corrected chi connectivity index (χ2v) is 13.1. The van der Waals surface area contributed by atoms with Crippen molar-refractivity contribution in [3.05, 3.63) is 84.0 Å². The number of hydrogen-bond donors (Lipinski definition) is 2. The van der Waals surface area contributed by atoms with Gasteiger partial charge in [-0.1, -0.05) is 62.4 Å². The molecule has 0 saturated heterocycles. The van der Waals surface area contributed by atoms with Gasteiger partial charge in [0.1, 0.15) is 23.6 Å². The Morgan fingerprint density at radius 3 is 1.28 bits per heavy atom. The normalized spacial score (nSPS) is 26.9.